The lowest BCUT2D eigenvalue weighted by atomic mass is 10.0. The highest BCUT2D eigenvalue weighted by molar-refractivity contribution is 7.90. The Hall–Kier alpha value is -2.97. The summed E-state index contributed by atoms with van der Waals surface area (Å²) in [4.78, 5) is 8.42. The van der Waals surface area contributed by atoms with Crippen LogP contribution in [0.15, 0.2) is 70.8 Å². The SMILES string of the molecule is O=S1(=O)NC(=NCCc2cccnc2)Nc2c(-c3cccc(F)c3Cl)cccc21. The number of sulfonamides is 1. The lowest BCUT2D eigenvalue weighted by Crippen LogP contribution is -2.41. The van der Waals surface area contributed by atoms with Gasteiger partial charge in [0.2, 0.25) is 5.96 Å². The van der Waals surface area contributed by atoms with Crippen LogP contribution in [0.5, 0.6) is 0 Å². The number of para-hydroxylation sites is 1. The molecule has 0 saturated carbocycles. The maximum atomic E-state index is 13.9. The summed E-state index contributed by atoms with van der Waals surface area (Å²) in [6.45, 7) is 0.356. The Morgan fingerprint density at radius 1 is 1.07 bits per heavy atom. The quantitative estimate of drug-likeness (QED) is 0.658. The molecule has 29 heavy (non-hydrogen) atoms. The monoisotopic (exact) mass is 430 g/mol. The summed E-state index contributed by atoms with van der Waals surface area (Å²) in [5.41, 5.74) is 2.15. The van der Waals surface area contributed by atoms with E-state index in [1.807, 2.05) is 12.1 Å². The van der Waals surface area contributed by atoms with E-state index in [1.165, 1.54) is 18.2 Å². The van der Waals surface area contributed by atoms with E-state index in [-0.39, 0.29) is 15.9 Å². The second-order valence-electron chi connectivity index (χ2n) is 6.35. The van der Waals surface area contributed by atoms with Gasteiger partial charge in [-0.2, -0.15) is 0 Å². The van der Waals surface area contributed by atoms with Gasteiger partial charge in [-0.05, 0) is 30.2 Å². The number of hydrogen-bond acceptors (Lipinski definition) is 4. The van der Waals surface area contributed by atoms with E-state index in [2.05, 4.69) is 20.0 Å². The first-order valence-electron chi connectivity index (χ1n) is 8.76. The third-order valence-electron chi connectivity index (χ3n) is 4.43. The number of guanidine groups is 1. The molecule has 6 nitrogen and oxygen atoms in total. The molecule has 0 aliphatic carbocycles. The zero-order valence-electron chi connectivity index (χ0n) is 15.1. The van der Waals surface area contributed by atoms with E-state index in [1.54, 1.807) is 30.6 Å². The highest BCUT2D eigenvalue weighted by Crippen LogP contribution is 2.39. The van der Waals surface area contributed by atoms with Gasteiger partial charge in [-0.1, -0.05) is 41.9 Å². The third kappa shape index (κ3) is 3.94. The number of anilines is 1. The first-order chi connectivity index (χ1) is 14.0. The summed E-state index contributed by atoms with van der Waals surface area (Å²) in [5, 5.41) is 2.94. The Morgan fingerprint density at radius 3 is 2.66 bits per heavy atom. The topological polar surface area (TPSA) is 83.5 Å². The van der Waals surface area contributed by atoms with E-state index in [0.717, 1.165) is 5.56 Å². The van der Waals surface area contributed by atoms with Crippen LogP contribution < -0.4 is 10.0 Å². The van der Waals surface area contributed by atoms with Crippen molar-refractivity contribution in [1.29, 1.82) is 0 Å². The molecular weight excluding hydrogens is 415 g/mol. The number of hydrogen-bond donors (Lipinski definition) is 2. The fraction of sp³-hybridized carbons (Fsp3) is 0.100. The van der Waals surface area contributed by atoms with Crippen molar-refractivity contribution in [2.24, 2.45) is 4.99 Å². The minimum Gasteiger partial charge on any atom is -0.324 e. The van der Waals surface area contributed by atoms with Crippen LogP contribution in [-0.2, 0) is 16.4 Å². The van der Waals surface area contributed by atoms with Crippen molar-refractivity contribution in [3.05, 3.63) is 77.3 Å². The van der Waals surface area contributed by atoms with Crippen LogP contribution >= 0.6 is 11.6 Å². The van der Waals surface area contributed by atoms with Gasteiger partial charge in [-0.25, -0.2) is 17.5 Å². The van der Waals surface area contributed by atoms with Gasteiger partial charge in [0.05, 0.1) is 10.7 Å². The van der Waals surface area contributed by atoms with Gasteiger partial charge >= 0.3 is 0 Å². The molecule has 0 saturated heterocycles. The summed E-state index contributed by atoms with van der Waals surface area (Å²) in [7, 11) is -3.83. The van der Waals surface area contributed by atoms with Crippen molar-refractivity contribution in [2.75, 3.05) is 11.9 Å². The smallest absolute Gasteiger partial charge is 0.266 e. The molecule has 9 heteroatoms. The molecular formula is C20H16ClFN4O2S. The molecule has 1 aliphatic heterocycles. The van der Waals surface area contributed by atoms with Gasteiger partial charge in [-0.3, -0.25) is 9.98 Å². The second-order valence-corrected chi connectivity index (χ2v) is 8.38. The molecule has 0 fully saturated rings. The van der Waals surface area contributed by atoms with E-state index < -0.39 is 15.8 Å². The molecule has 0 amide bonds. The maximum absolute atomic E-state index is 13.9. The van der Waals surface area contributed by atoms with Crippen LogP contribution in [-0.4, -0.2) is 25.9 Å². The summed E-state index contributed by atoms with van der Waals surface area (Å²) < 4.78 is 41.8. The van der Waals surface area contributed by atoms with Gasteiger partial charge < -0.3 is 5.32 Å². The average Bonchev–Trinajstić information content (AvgIpc) is 2.70. The molecule has 0 bridgehead atoms. The summed E-state index contributed by atoms with van der Waals surface area (Å²) in [6.07, 6.45) is 4.02. The normalized spacial score (nSPS) is 16.0. The predicted octanol–water partition coefficient (Wildman–Crippen LogP) is 3.84. The number of aliphatic imine (C=N–C) groups is 1. The van der Waals surface area contributed by atoms with Gasteiger partial charge in [0.15, 0.2) is 0 Å². The fourth-order valence-corrected chi connectivity index (χ4v) is 4.46. The van der Waals surface area contributed by atoms with Crippen molar-refractivity contribution >= 4 is 33.3 Å². The minimum absolute atomic E-state index is 0.0431. The van der Waals surface area contributed by atoms with Crippen molar-refractivity contribution in [1.82, 2.24) is 9.71 Å². The van der Waals surface area contributed by atoms with Crippen LogP contribution in [0.3, 0.4) is 0 Å². The number of halogens is 2. The van der Waals surface area contributed by atoms with Crippen LogP contribution in [0.25, 0.3) is 11.1 Å². The molecule has 4 rings (SSSR count). The van der Waals surface area contributed by atoms with Crippen molar-refractivity contribution < 1.29 is 12.8 Å². The molecule has 2 N–H and O–H groups in total. The molecule has 148 valence electrons. The summed E-state index contributed by atoms with van der Waals surface area (Å²) in [5.74, 6) is -0.481. The summed E-state index contributed by atoms with van der Waals surface area (Å²) in [6, 6.07) is 12.9. The number of pyridine rings is 1. The Kier molecular flexibility index (Phi) is 5.21. The molecule has 0 radical (unpaired) electrons. The minimum atomic E-state index is -3.83. The molecule has 0 atom stereocenters. The largest absolute Gasteiger partial charge is 0.324 e. The van der Waals surface area contributed by atoms with Crippen LogP contribution in [0.2, 0.25) is 5.02 Å². The predicted molar refractivity (Wildman–Crippen MR) is 111 cm³/mol. The van der Waals surface area contributed by atoms with Crippen LogP contribution in [0, 0.1) is 5.82 Å². The molecule has 1 aromatic heterocycles. The molecule has 1 aliphatic rings. The molecule has 2 aromatic carbocycles. The van der Waals surface area contributed by atoms with Crippen LogP contribution in [0.4, 0.5) is 10.1 Å². The average molecular weight is 431 g/mol. The number of fused-ring (bicyclic) bond motifs is 1. The number of nitrogens with one attached hydrogen (secondary N) is 2. The number of nitrogens with zero attached hydrogens (tertiary/aromatic N) is 2. The van der Waals surface area contributed by atoms with E-state index >= 15 is 0 Å². The molecule has 0 spiro atoms. The highest BCUT2D eigenvalue weighted by atomic mass is 35.5. The Labute approximate surface area is 172 Å². The van der Waals surface area contributed by atoms with Crippen LogP contribution in [0.1, 0.15) is 5.56 Å². The Morgan fingerprint density at radius 2 is 1.86 bits per heavy atom. The van der Waals surface area contributed by atoms with Gasteiger partial charge in [0.1, 0.15) is 10.7 Å². The Balaban J connectivity index is 1.70. The van der Waals surface area contributed by atoms with Gasteiger partial charge in [0, 0.05) is 30.1 Å². The first kappa shape index (κ1) is 19.4. The van der Waals surface area contributed by atoms with Crippen molar-refractivity contribution in [3.8, 4) is 11.1 Å². The fourth-order valence-electron chi connectivity index (χ4n) is 3.06. The third-order valence-corrected chi connectivity index (χ3v) is 6.19. The highest BCUT2D eigenvalue weighted by Gasteiger charge is 2.29. The van der Waals surface area contributed by atoms with Gasteiger partial charge in [0.25, 0.3) is 10.0 Å². The lowest BCUT2D eigenvalue weighted by molar-refractivity contribution is 0.591. The second kappa shape index (κ2) is 7.81. The maximum Gasteiger partial charge on any atom is 0.266 e. The molecule has 3 aromatic rings. The van der Waals surface area contributed by atoms with E-state index in [9.17, 15) is 12.8 Å². The molecule has 0 unspecified atom stereocenters. The van der Waals surface area contributed by atoms with Crippen molar-refractivity contribution in [3.63, 3.8) is 0 Å². The van der Waals surface area contributed by atoms with Gasteiger partial charge in [-0.15, -0.1) is 0 Å². The number of rotatable bonds is 4. The Bertz CT molecular complexity index is 1200. The van der Waals surface area contributed by atoms with Crippen molar-refractivity contribution in [2.45, 2.75) is 11.3 Å². The van der Waals surface area contributed by atoms with E-state index in [0.29, 0.717) is 29.8 Å². The molecule has 2 heterocycles. The lowest BCUT2D eigenvalue weighted by Gasteiger charge is -2.24. The first-order valence-corrected chi connectivity index (χ1v) is 10.6. The zero-order chi connectivity index (χ0) is 20.4. The number of aromatic nitrogens is 1. The van der Waals surface area contributed by atoms with E-state index in [4.69, 9.17) is 11.6 Å². The number of benzene rings is 2. The zero-order valence-corrected chi connectivity index (χ0v) is 16.6. The standard InChI is InChI=1S/C20H16ClFN4O2S/c21-18-14(5-1-7-16(18)22)15-6-2-8-17-19(15)25-20(26-29(17,27)28)24-11-9-13-4-3-10-23-12-13/h1-8,10,12H,9,11H2,(H2,24,25,26). The summed E-state index contributed by atoms with van der Waals surface area (Å²) >= 11 is 6.13.